The number of para-hydroxylation sites is 1. The number of amides is 1. The first kappa shape index (κ1) is 15.5. The summed E-state index contributed by atoms with van der Waals surface area (Å²) in [6, 6.07) is 9.37. The molecule has 0 unspecified atom stereocenters. The molecule has 1 amide bonds. The van der Waals surface area contributed by atoms with Gasteiger partial charge in [-0.3, -0.25) is 9.59 Å². The van der Waals surface area contributed by atoms with E-state index >= 15 is 0 Å². The number of morpholine rings is 1. The lowest BCUT2D eigenvalue weighted by Gasteiger charge is -2.26. The van der Waals surface area contributed by atoms with Crippen molar-refractivity contribution in [3.8, 4) is 5.69 Å². The first-order chi connectivity index (χ1) is 12.2. The third kappa shape index (κ3) is 2.89. The lowest BCUT2D eigenvalue weighted by molar-refractivity contribution is -0.136. The molecule has 3 heterocycles. The minimum Gasteiger partial charge on any atom is -0.378 e. The van der Waals surface area contributed by atoms with Crippen LogP contribution in [0.2, 0.25) is 0 Å². The van der Waals surface area contributed by atoms with Crippen LogP contribution < -0.4 is 5.56 Å². The molecule has 0 N–H and O–H groups in total. The number of hydrogen-bond donors (Lipinski definition) is 0. The van der Waals surface area contributed by atoms with Gasteiger partial charge in [0.2, 0.25) is 5.91 Å². The monoisotopic (exact) mass is 340 g/mol. The first-order valence-electron chi connectivity index (χ1n) is 7.96. The van der Waals surface area contributed by atoms with Crippen molar-refractivity contribution in [3.63, 3.8) is 0 Å². The fourth-order valence-corrected chi connectivity index (χ4v) is 2.77. The Morgan fingerprint density at radius 3 is 2.68 bits per heavy atom. The summed E-state index contributed by atoms with van der Waals surface area (Å²) in [5.41, 5.74) is 0.772. The second-order valence-corrected chi connectivity index (χ2v) is 5.67. The molecule has 0 aliphatic carbocycles. The van der Waals surface area contributed by atoms with Gasteiger partial charge in [-0.2, -0.15) is 5.10 Å². The lowest BCUT2D eigenvalue weighted by atomic mass is 10.3. The Balaban J connectivity index is 1.65. The molecule has 2 aromatic heterocycles. The van der Waals surface area contributed by atoms with Crippen LogP contribution in [0.1, 0.15) is 0 Å². The van der Waals surface area contributed by atoms with Gasteiger partial charge < -0.3 is 9.64 Å². The van der Waals surface area contributed by atoms with Gasteiger partial charge in [0.25, 0.3) is 5.56 Å². The molecule has 0 radical (unpaired) electrons. The summed E-state index contributed by atoms with van der Waals surface area (Å²) in [5.74, 6) is -0.172. The number of ether oxygens (including phenoxy) is 1. The van der Waals surface area contributed by atoms with E-state index in [-0.39, 0.29) is 18.0 Å². The van der Waals surface area contributed by atoms with Crippen molar-refractivity contribution >= 4 is 16.9 Å². The average molecular weight is 340 g/mol. The van der Waals surface area contributed by atoms with Crippen LogP contribution in [0.3, 0.4) is 0 Å². The number of hydrogen-bond acceptors (Lipinski definition) is 6. The molecular formula is C16H16N6O3. The largest absolute Gasteiger partial charge is 0.378 e. The molecule has 1 fully saturated rings. The van der Waals surface area contributed by atoms with Crippen LogP contribution in [0.15, 0.2) is 41.3 Å². The van der Waals surface area contributed by atoms with Crippen molar-refractivity contribution in [3.05, 3.63) is 46.9 Å². The van der Waals surface area contributed by atoms with Gasteiger partial charge in [-0.25, -0.2) is 9.36 Å². The van der Waals surface area contributed by atoms with Crippen LogP contribution in [0.25, 0.3) is 16.7 Å². The number of aromatic nitrogens is 5. The molecule has 3 aromatic rings. The summed E-state index contributed by atoms with van der Waals surface area (Å²) in [6.07, 6.45) is 1.45. The van der Waals surface area contributed by atoms with E-state index in [9.17, 15) is 9.59 Å². The standard InChI is InChI=1S/C16H16N6O3/c23-14(20-6-8-25-9-7-20)11-21-16(24)13-10-17-22(15(13)18-19-21)12-4-2-1-3-5-12/h1-5,10H,6-9,11H2. The van der Waals surface area contributed by atoms with Crippen molar-refractivity contribution in [1.29, 1.82) is 0 Å². The van der Waals surface area contributed by atoms with E-state index in [0.717, 1.165) is 10.4 Å². The Hall–Kier alpha value is -3.07. The van der Waals surface area contributed by atoms with Crippen molar-refractivity contribution in [2.24, 2.45) is 0 Å². The van der Waals surface area contributed by atoms with Gasteiger partial charge in [0.15, 0.2) is 5.65 Å². The first-order valence-corrected chi connectivity index (χ1v) is 7.96. The molecule has 1 saturated heterocycles. The highest BCUT2D eigenvalue weighted by molar-refractivity contribution is 5.77. The van der Waals surface area contributed by atoms with Gasteiger partial charge in [-0.15, -0.1) is 5.10 Å². The van der Waals surface area contributed by atoms with Crippen LogP contribution in [-0.4, -0.2) is 61.9 Å². The summed E-state index contributed by atoms with van der Waals surface area (Å²) in [4.78, 5) is 26.6. The molecule has 0 saturated carbocycles. The summed E-state index contributed by atoms with van der Waals surface area (Å²) < 4.78 is 7.86. The molecule has 9 nitrogen and oxygen atoms in total. The van der Waals surface area contributed by atoms with E-state index in [1.165, 1.54) is 6.20 Å². The number of rotatable bonds is 3. The Labute approximate surface area is 142 Å². The molecule has 25 heavy (non-hydrogen) atoms. The maximum absolute atomic E-state index is 12.6. The smallest absolute Gasteiger partial charge is 0.281 e. The van der Waals surface area contributed by atoms with Gasteiger partial charge in [-0.1, -0.05) is 23.4 Å². The summed E-state index contributed by atoms with van der Waals surface area (Å²) in [6.45, 7) is 1.92. The molecule has 1 aliphatic rings. The molecule has 1 aliphatic heterocycles. The Morgan fingerprint density at radius 2 is 1.92 bits per heavy atom. The second kappa shape index (κ2) is 6.44. The summed E-state index contributed by atoms with van der Waals surface area (Å²) in [5, 5.41) is 12.6. The number of fused-ring (bicyclic) bond motifs is 1. The van der Waals surface area contributed by atoms with Crippen molar-refractivity contribution in [2.75, 3.05) is 26.3 Å². The van der Waals surface area contributed by atoms with Gasteiger partial charge in [0.1, 0.15) is 11.9 Å². The quantitative estimate of drug-likeness (QED) is 0.657. The molecule has 4 rings (SSSR count). The third-order valence-electron chi connectivity index (χ3n) is 4.11. The molecule has 0 spiro atoms. The van der Waals surface area contributed by atoms with E-state index in [0.29, 0.717) is 37.3 Å². The summed E-state index contributed by atoms with van der Waals surface area (Å²) >= 11 is 0. The fourth-order valence-electron chi connectivity index (χ4n) is 2.77. The average Bonchev–Trinajstić information content (AvgIpc) is 3.10. The predicted octanol–water partition coefficient (Wildman–Crippen LogP) is -0.164. The Kier molecular flexibility index (Phi) is 3.98. The van der Waals surface area contributed by atoms with E-state index in [4.69, 9.17) is 4.74 Å². The topological polar surface area (TPSA) is 95.1 Å². The highest BCUT2D eigenvalue weighted by atomic mass is 16.5. The molecule has 0 atom stereocenters. The number of benzene rings is 1. The van der Waals surface area contributed by atoms with Crippen LogP contribution in [-0.2, 0) is 16.1 Å². The zero-order chi connectivity index (χ0) is 17.2. The van der Waals surface area contributed by atoms with E-state index in [2.05, 4.69) is 15.4 Å². The number of nitrogens with zero attached hydrogens (tertiary/aromatic N) is 6. The molecule has 9 heteroatoms. The minimum absolute atomic E-state index is 0.141. The fraction of sp³-hybridized carbons (Fsp3) is 0.312. The number of carbonyl (C=O) groups is 1. The third-order valence-corrected chi connectivity index (χ3v) is 4.11. The van der Waals surface area contributed by atoms with Crippen LogP contribution in [0.5, 0.6) is 0 Å². The molecular weight excluding hydrogens is 324 g/mol. The molecule has 1 aromatic carbocycles. The second-order valence-electron chi connectivity index (χ2n) is 5.67. The highest BCUT2D eigenvalue weighted by Crippen LogP contribution is 2.12. The van der Waals surface area contributed by atoms with Crippen molar-refractivity contribution < 1.29 is 9.53 Å². The van der Waals surface area contributed by atoms with Gasteiger partial charge >= 0.3 is 0 Å². The molecule has 0 bridgehead atoms. The predicted molar refractivity (Wildman–Crippen MR) is 88.3 cm³/mol. The zero-order valence-electron chi connectivity index (χ0n) is 13.4. The maximum atomic E-state index is 12.6. The Morgan fingerprint density at radius 1 is 1.16 bits per heavy atom. The SMILES string of the molecule is O=C(Cn1nnc2c(cnn2-c2ccccc2)c1=O)N1CCOCC1. The van der Waals surface area contributed by atoms with Gasteiger partial charge in [-0.05, 0) is 12.1 Å². The van der Waals surface area contributed by atoms with E-state index in [1.54, 1.807) is 9.58 Å². The molecule has 128 valence electrons. The Bertz CT molecular complexity index is 959. The summed E-state index contributed by atoms with van der Waals surface area (Å²) in [7, 11) is 0. The van der Waals surface area contributed by atoms with Crippen LogP contribution in [0, 0.1) is 0 Å². The van der Waals surface area contributed by atoms with Crippen molar-refractivity contribution in [1.82, 2.24) is 29.7 Å². The normalized spacial score (nSPS) is 14.8. The van der Waals surface area contributed by atoms with Crippen LogP contribution >= 0.6 is 0 Å². The lowest BCUT2D eigenvalue weighted by Crippen LogP contribution is -2.43. The van der Waals surface area contributed by atoms with Gasteiger partial charge in [0.05, 0.1) is 25.1 Å². The zero-order valence-corrected chi connectivity index (χ0v) is 13.4. The van der Waals surface area contributed by atoms with Crippen molar-refractivity contribution in [2.45, 2.75) is 6.54 Å². The van der Waals surface area contributed by atoms with E-state index in [1.807, 2.05) is 30.3 Å². The minimum atomic E-state index is -0.381. The van der Waals surface area contributed by atoms with E-state index < -0.39 is 0 Å². The van der Waals surface area contributed by atoms with Crippen LogP contribution in [0.4, 0.5) is 0 Å². The van der Waals surface area contributed by atoms with Gasteiger partial charge in [0, 0.05) is 13.1 Å². The number of carbonyl (C=O) groups excluding carboxylic acids is 1. The highest BCUT2D eigenvalue weighted by Gasteiger charge is 2.19. The maximum Gasteiger partial charge on any atom is 0.281 e.